The molecule has 0 aromatic heterocycles. The summed E-state index contributed by atoms with van der Waals surface area (Å²) in [6.45, 7) is 0.722. The van der Waals surface area contributed by atoms with Crippen molar-refractivity contribution in [3.63, 3.8) is 0 Å². The van der Waals surface area contributed by atoms with Crippen molar-refractivity contribution in [3.8, 4) is 0 Å². The lowest BCUT2D eigenvalue weighted by Gasteiger charge is -2.25. The number of nitrogens with zero attached hydrogens (tertiary/aromatic N) is 2. The minimum Gasteiger partial charge on any atom is -0.368 e. The maximum atomic E-state index is 11.0. The van der Waals surface area contributed by atoms with E-state index in [0.29, 0.717) is 0 Å². The molecule has 1 saturated heterocycles. The number of hydrogen-bond donors (Lipinski definition) is 1. The Kier molecular flexibility index (Phi) is 4.94. The van der Waals surface area contributed by atoms with Crippen LogP contribution >= 0.6 is 24.8 Å². The summed E-state index contributed by atoms with van der Waals surface area (Å²) in [5.41, 5.74) is 6.39. The van der Waals surface area contributed by atoms with Crippen molar-refractivity contribution in [1.29, 1.82) is 0 Å². The van der Waals surface area contributed by atoms with Crippen LogP contribution in [0.3, 0.4) is 0 Å². The van der Waals surface area contributed by atoms with Crippen LogP contribution in [0.1, 0.15) is 12.8 Å². The Bertz CT molecular complexity index is 278. The predicted octanol–water partition coefficient (Wildman–Crippen LogP) is 0.706. The Morgan fingerprint density at radius 1 is 1.57 bits per heavy atom. The van der Waals surface area contributed by atoms with Crippen LogP contribution in [0.4, 0.5) is 0 Å². The van der Waals surface area contributed by atoms with Gasteiger partial charge < -0.3 is 10.6 Å². The van der Waals surface area contributed by atoms with E-state index < -0.39 is 0 Å². The average molecular weight is 238 g/mol. The third-order valence-electron chi connectivity index (χ3n) is 2.35. The van der Waals surface area contributed by atoms with Crippen molar-refractivity contribution in [2.45, 2.75) is 18.9 Å². The number of fused-ring (bicyclic) bond motifs is 1. The number of amides is 1. The fraction of sp³-hybridized carbons (Fsp3) is 0.500. The van der Waals surface area contributed by atoms with Gasteiger partial charge in [0.15, 0.2) is 0 Å². The zero-order chi connectivity index (χ0) is 8.55. The maximum absolute atomic E-state index is 11.0. The summed E-state index contributed by atoms with van der Waals surface area (Å²) in [5, 5.41) is 0. The number of aliphatic imine (C=N–C) groups is 1. The molecule has 80 valence electrons. The summed E-state index contributed by atoms with van der Waals surface area (Å²) in [5.74, 6) is -0.228. The van der Waals surface area contributed by atoms with E-state index in [2.05, 4.69) is 4.99 Å². The molecule has 0 aromatic carbocycles. The largest absolute Gasteiger partial charge is 0.368 e. The molecule has 4 nitrogen and oxygen atoms in total. The second-order valence-electron chi connectivity index (χ2n) is 3.06. The summed E-state index contributed by atoms with van der Waals surface area (Å²) < 4.78 is 0. The highest BCUT2D eigenvalue weighted by Gasteiger charge is 2.32. The number of allylic oxidation sites excluding steroid dienone is 1. The van der Waals surface area contributed by atoms with E-state index in [9.17, 15) is 4.79 Å². The molecule has 2 N–H and O–H groups in total. The van der Waals surface area contributed by atoms with Gasteiger partial charge in [-0.25, -0.2) is 0 Å². The minimum absolute atomic E-state index is 0. The summed E-state index contributed by atoms with van der Waals surface area (Å²) in [4.78, 5) is 17.0. The molecule has 0 aliphatic carbocycles. The van der Waals surface area contributed by atoms with Gasteiger partial charge in [0.1, 0.15) is 6.04 Å². The molecule has 1 unspecified atom stereocenters. The van der Waals surface area contributed by atoms with Crippen LogP contribution in [0.5, 0.6) is 0 Å². The molecular weight excluding hydrogens is 225 g/mol. The number of carbonyl (C=O) groups is 1. The van der Waals surface area contributed by atoms with Crippen LogP contribution in [-0.4, -0.2) is 29.6 Å². The molecule has 0 radical (unpaired) electrons. The normalized spacial score (nSPS) is 23.0. The number of hydrogen-bond acceptors (Lipinski definition) is 3. The number of carbonyl (C=O) groups excluding carboxylic acids is 1. The summed E-state index contributed by atoms with van der Waals surface area (Å²) >= 11 is 0. The second kappa shape index (κ2) is 5.22. The van der Waals surface area contributed by atoms with E-state index >= 15 is 0 Å². The first-order valence-electron chi connectivity index (χ1n) is 4.05. The van der Waals surface area contributed by atoms with Gasteiger partial charge in [-0.05, 0) is 12.8 Å². The zero-order valence-electron chi connectivity index (χ0n) is 7.55. The monoisotopic (exact) mass is 237 g/mol. The third kappa shape index (κ3) is 2.19. The van der Waals surface area contributed by atoms with Crippen LogP contribution in [-0.2, 0) is 4.79 Å². The van der Waals surface area contributed by atoms with E-state index in [1.807, 2.05) is 11.1 Å². The number of rotatable bonds is 1. The molecule has 6 heteroatoms. The first kappa shape index (κ1) is 13.3. The fourth-order valence-electron chi connectivity index (χ4n) is 1.74. The van der Waals surface area contributed by atoms with E-state index in [1.54, 1.807) is 6.21 Å². The van der Waals surface area contributed by atoms with Crippen molar-refractivity contribution in [3.05, 3.63) is 11.9 Å². The van der Waals surface area contributed by atoms with Crippen molar-refractivity contribution in [2.75, 3.05) is 6.54 Å². The smallest absolute Gasteiger partial charge is 0.240 e. The van der Waals surface area contributed by atoms with E-state index in [4.69, 9.17) is 5.73 Å². The molecule has 14 heavy (non-hydrogen) atoms. The zero-order valence-corrected chi connectivity index (χ0v) is 9.18. The van der Waals surface area contributed by atoms with Crippen LogP contribution in [0.15, 0.2) is 16.9 Å². The molecule has 1 fully saturated rings. The number of primary amides is 1. The Morgan fingerprint density at radius 3 is 2.93 bits per heavy atom. The lowest BCUT2D eigenvalue weighted by Crippen LogP contribution is -2.41. The first-order valence-corrected chi connectivity index (χ1v) is 4.05. The Balaban J connectivity index is 0.000000845. The van der Waals surface area contributed by atoms with Crippen LogP contribution in [0.2, 0.25) is 0 Å². The SMILES string of the molecule is Cl.Cl.NC(=O)C1CCC2=CN=CCN21. The van der Waals surface area contributed by atoms with Gasteiger partial charge in [-0.2, -0.15) is 0 Å². The molecule has 1 amide bonds. The summed E-state index contributed by atoms with van der Waals surface area (Å²) in [7, 11) is 0. The molecule has 2 rings (SSSR count). The second-order valence-corrected chi connectivity index (χ2v) is 3.06. The predicted molar refractivity (Wildman–Crippen MR) is 60.0 cm³/mol. The van der Waals surface area contributed by atoms with Gasteiger partial charge >= 0.3 is 0 Å². The molecule has 0 aromatic rings. The molecule has 2 heterocycles. The maximum Gasteiger partial charge on any atom is 0.240 e. The summed E-state index contributed by atoms with van der Waals surface area (Å²) in [6, 6.07) is -0.108. The van der Waals surface area contributed by atoms with E-state index in [1.165, 1.54) is 0 Å². The average Bonchev–Trinajstić information content (AvgIpc) is 2.47. The quantitative estimate of drug-likeness (QED) is 0.731. The first-order chi connectivity index (χ1) is 5.79. The highest BCUT2D eigenvalue weighted by Crippen LogP contribution is 2.27. The number of nitrogens with two attached hydrogens (primary N) is 1. The van der Waals surface area contributed by atoms with Crippen molar-refractivity contribution in [2.24, 2.45) is 10.7 Å². The highest BCUT2D eigenvalue weighted by molar-refractivity contribution is 5.85. The molecular formula is C8H13Cl2N3O. The lowest BCUT2D eigenvalue weighted by molar-refractivity contribution is -0.121. The van der Waals surface area contributed by atoms with Gasteiger partial charge in [0.25, 0.3) is 0 Å². The molecule has 0 saturated carbocycles. The van der Waals surface area contributed by atoms with Crippen LogP contribution in [0, 0.1) is 0 Å². The molecule has 2 aliphatic rings. The van der Waals surface area contributed by atoms with Gasteiger partial charge in [0.2, 0.25) is 5.91 Å². The Hall–Kier alpha value is -0.740. The van der Waals surface area contributed by atoms with Gasteiger partial charge in [0, 0.05) is 18.1 Å². The summed E-state index contributed by atoms with van der Waals surface area (Å²) in [6.07, 6.45) is 5.37. The minimum atomic E-state index is -0.228. The van der Waals surface area contributed by atoms with Crippen LogP contribution in [0.25, 0.3) is 0 Å². The van der Waals surface area contributed by atoms with Gasteiger partial charge in [0.05, 0.1) is 6.54 Å². The fourth-order valence-corrected chi connectivity index (χ4v) is 1.74. The Labute approximate surface area is 95.1 Å². The van der Waals surface area contributed by atoms with Crippen LogP contribution < -0.4 is 5.73 Å². The van der Waals surface area contributed by atoms with Gasteiger partial charge in [-0.15, -0.1) is 24.8 Å². The number of halogens is 2. The topological polar surface area (TPSA) is 58.7 Å². The molecule has 1 atom stereocenters. The Morgan fingerprint density at radius 2 is 2.29 bits per heavy atom. The van der Waals surface area contributed by atoms with Crippen molar-refractivity contribution in [1.82, 2.24) is 4.90 Å². The van der Waals surface area contributed by atoms with E-state index in [0.717, 1.165) is 25.1 Å². The van der Waals surface area contributed by atoms with Gasteiger partial charge in [-0.1, -0.05) is 0 Å². The van der Waals surface area contributed by atoms with Gasteiger partial charge in [-0.3, -0.25) is 9.79 Å². The molecule has 0 bridgehead atoms. The molecule has 0 spiro atoms. The molecule has 2 aliphatic heterocycles. The van der Waals surface area contributed by atoms with Crippen molar-refractivity contribution < 1.29 is 4.79 Å². The third-order valence-corrected chi connectivity index (χ3v) is 2.35. The highest BCUT2D eigenvalue weighted by atomic mass is 35.5. The van der Waals surface area contributed by atoms with Crippen molar-refractivity contribution >= 4 is 36.9 Å². The lowest BCUT2D eigenvalue weighted by atomic mass is 10.2. The van der Waals surface area contributed by atoms with E-state index in [-0.39, 0.29) is 36.8 Å². The standard InChI is InChI=1S/C8H11N3O.2ClH/c9-8(12)7-2-1-6-5-10-3-4-11(6)7;;/h3,5,7H,1-2,4H2,(H2,9,12);2*1H.